The predicted octanol–water partition coefficient (Wildman–Crippen LogP) is 9.40. The third kappa shape index (κ3) is 8.40. The van der Waals surface area contributed by atoms with Crippen LogP contribution in [0.15, 0.2) is 108 Å². The van der Waals surface area contributed by atoms with Crippen molar-refractivity contribution in [3.63, 3.8) is 0 Å². The summed E-state index contributed by atoms with van der Waals surface area (Å²) in [5, 5.41) is 4.68. The van der Waals surface area contributed by atoms with Crippen molar-refractivity contribution in [3.8, 4) is 23.0 Å². The highest BCUT2D eigenvalue weighted by molar-refractivity contribution is 6.36. The SMILES string of the molecule is CCCCCCCCCC(c1ccc(Oc2ccc(C3=C(C)C(=O)NC3=O)cc2)cc1)c1ccc(Oc2ccc(C3=C(C)C(=O)NC3=O)cc2)cc1. The number of nitrogens with one attached hydrogen (secondary N) is 2. The molecule has 0 aliphatic carbocycles. The second-order valence-electron chi connectivity index (χ2n) is 13.4. The van der Waals surface area contributed by atoms with Gasteiger partial charge in [0.25, 0.3) is 23.6 Å². The molecule has 266 valence electrons. The second kappa shape index (κ2) is 16.5. The second-order valence-corrected chi connectivity index (χ2v) is 13.4. The van der Waals surface area contributed by atoms with Crippen molar-refractivity contribution in [1.29, 1.82) is 0 Å². The first-order chi connectivity index (χ1) is 25.2. The maximum atomic E-state index is 12.2. The van der Waals surface area contributed by atoms with Gasteiger partial charge in [-0.05, 0) is 91.1 Å². The summed E-state index contributed by atoms with van der Waals surface area (Å²) in [5.41, 5.74) is 5.37. The summed E-state index contributed by atoms with van der Waals surface area (Å²) < 4.78 is 12.3. The molecular weight excluding hydrogens is 652 g/mol. The van der Waals surface area contributed by atoms with Gasteiger partial charge in [-0.1, -0.05) is 100 Å². The number of carbonyl (C=O) groups is 4. The number of benzene rings is 4. The van der Waals surface area contributed by atoms with E-state index in [1.165, 1.54) is 49.7 Å². The zero-order valence-corrected chi connectivity index (χ0v) is 29.9. The smallest absolute Gasteiger partial charge is 0.259 e. The molecule has 52 heavy (non-hydrogen) atoms. The first kappa shape index (κ1) is 36.0. The highest BCUT2D eigenvalue weighted by atomic mass is 16.5. The lowest BCUT2D eigenvalue weighted by Gasteiger charge is -2.19. The first-order valence-corrected chi connectivity index (χ1v) is 18.1. The van der Waals surface area contributed by atoms with Crippen molar-refractivity contribution >= 4 is 34.8 Å². The monoisotopic (exact) mass is 696 g/mol. The topological polar surface area (TPSA) is 111 Å². The highest BCUT2D eigenvalue weighted by Crippen LogP contribution is 2.35. The number of rotatable bonds is 16. The van der Waals surface area contributed by atoms with Crippen molar-refractivity contribution < 1.29 is 28.7 Å². The molecule has 0 aromatic heterocycles. The van der Waals surface area contributed by atoms with Gasteiger partial charge in [-0.15, -0.1) is 0 Å². The van der Waals surface area contributed by atoms with Crippen LogP contribution < -0.4 is 20.1 Å². The van der Waals surface area contributed by atoms with Crippen LogP contribution in [-0.2, 0) is 19.2 Å². The van der Waals surface area contributed by atoms with E-state index in [4.69, 9.17) is 9.47 Å². The van der Waals surface area contributed by atoms with Crippen LogP contribution >= 0.6 is 0 Å². The zero-order chi connectivity index (χ0) is 36.6. The van der Waals surface area contributed by atoms with Crippen molar-refractivity contribution in [3.05, 3.63) is 130 Å². The minimum Gasteiger partial charge on any atom is -0.457 e. The van der Waals surface area contributed by atoms with Crippen LogP contribution in [-0.4, -0.2) is 23.6 Å². The van der Waals surface area contributed by atoms with Gasteiger partial charge in [0.2, 0.25) is 0 Å². The first-order valence-electron chi connectivity index (χ1n) is 18.1. The lowest BCUT2D eigenvalue weighted by molar-refractivity contribution is -0.125. The van der Waals surface area contributed by atoms with E-state index in [2.05, 4.69) is 41.8 Å². The van der Waals surface area contributed by atoms with Crippen LogP contribution in [0.25, 0.3) is 11.1 Å². The Morgan fingerprint density at radius 1 is 0.462 bits per heavy atom. The van der Waals surface area contributed by atoms with Gasteiger partial charge in [0.05, 0.1) is 11.1 Å². The Kier molecular flexibility index (Phi) is 11.4. The van der Waals surface area contributed by atoms with Crippen molar-refractivity contribution in [2.45, 2.75) is 78.1 Å². The summed E-state index contributed by atoms with van der Waals surface area (Å²) in [6.45, 7) is 5.54. The van der Waals surface area contributed by atoms with E-state index in [9.17, 15) is 19.2 Å². The molecule has 0 bridgehead atoms. The summed E-state index contributed by atoms with van der Waals surface area (Å²) in [6, 6.07) is 30.8. The van der Waals surface area contributed by atoms with Gasteiger partial charge >= 0.3 is 0 Å². The van der Waals surface area contributed by atoms with E-state index < -0.39 is 0 Å². The Balaban J connectivity index is 1.13. The van der Waals surface area contributed by atoms with Gasteiger partial charge in [0.1, 0.15) is 23.0 Å². The number of ether oxygens (including phenoxy) is 2. The molecule has 0 atom stereocenters. The lowest BCUT2D eigenvalue weighted by atomic mass is 9.86. The molecule has 8 nitrogen and oxygen atoms in total. The number of unbranched alkanes of at least 4 members (excludes halogenated alkanes) is 6. The average molecular weight is 697 g/mol. The van der Waals surface area contributed by atoms with Crippen LogP contribution in [0, 0.1) is 0 Å². The van der Waals surface area contributed by atoms with E-state index in [1.807, 2.05) is 24.3 Å². The van der Waals surface area contributed by atoms with Gasteiger partial charge in [-0.25, -0.2) is 0 Å². The Morgan fingerprint density at radius 3 is 1.15 bits per heavy atom. The predicted molar refractivity (Wildman–Crippen MR) is 202 cm³/mol. The normalized spacial score (nSPS) is 14.4. The lowest BCUT2D eigenvalue weighted by Crippen LogP contribution is -2.22. The van der Waals surface area contributed by atoms with Crippen LogP contribution in [0.4, 0.5) is 0 Å². The third-order valence-corrected chi connectivity index (χ3v) is 9.76. The standard InChI is InChI=1S/C44H44N2O6/c1-4-5-6-7-8-9-10-11-38(30-12-20-34(21-13-30)51-36-24-16-32(17-25-36)39-28(2)41(47)45-43(39)49)31-14-22-35(23-15-31)52-37-26-18-33(19-27-37)40-29(3)42(48)46-44(40)50/h12-27,38H,4-11H2,1-3H3,(H,45,47,49)(H,46,48,50). The number of imide groups is 2. The van der Waals surface area contributed by atoms with Gasteiger partial charge in [0, 0.05) is 17.1 Å². The summed E-state index contributed by atoms with van der Waals surface area (Å²) in [4.78, 5) is 48.2. The molecule has 6 rings (SSSR count). The Morgan fingerprint density at radius 2 is 0.808 bits per heavy atom. The third-order valence-electron chi connectivity index (χ3n) is 9.76. The highest BCUT2D eigenvalue weighted by Gasteiger charge is 2.29. The Hall–Kier alpha value is -5.76. The molecule has 0 radical (unpaired) electrons. The van der Waals surface area contributed by atoms with E-state index in [-0.39, 0.29) is 29.5 Å². The van der Waals surface area contributed by atoms with Gasteiger partial charge in [0.15, 0.2) is 0 Å². The minimum absolute atomic E-state index is 0.200. The van der Waals surface area contributed by atoms with Gasteiger partial charge in [-0.3, -0.25) is 29.8 Å². The largest absolute Gasteiger partial charge is 0.457 e. The fraction of sp³-hybridized carbons (Fsp3) is 0.273. The van der Waals surface area contributed by atoms with Crippen molar-refractivity contribution in [2.75, 3.05) is 0 Å². The number of hydrogen-bond donors (Lipinski definition) is 2. The molecule has 0 saturated heterocycles. The quantitative estimate of drug-likeness (QED) is 0.0892. The molecule has 2 heterocycles. The van der Waals surface area contributed by atoms with E-state index in [1.54, 1.807) is 62.4 Å². The van der Waals surface area contributed by atoms with Crippen LogP contribution in [0.2, 0.25) is 0 Å². The van der Waals surface area contributed by atoms with Crippen LogP contribution in [0.1, 0.15) is 100 Å². The van der Waals surface area contributed by atoms with Crippen molar-refractivity contribution in [1.82, 2.24) is 10.6 Å². The van der Waals surface area contributed by atoms with E-state index in [0.29, 0.717) is 56.4 Å². The molecule has 0 spiro atoms. The average Bonchev–Trinajstić information content (AvgIpc) is 3.56. The zero-order valence-electron chi connectivity index (χ0n) is 29.9. The van der Waals surface area contributed by atoms with E-state index in [0.717, 1.165) is 12.8 Å². The van der Waals surface area contributed by atoms with Gasteiger partial charge in [-0.2, -0.15) is 0 Å². The summed E-state index contributed by atoms with van der Waals surface area (Å²) >= 11 is 0. The Labute approximate surface area is 304 Å². The molecule has 2 aliphatic heterocycles. The molecule has 4 aromatic rings. The molecule has 0 saturated carbocycles. The maximum absolute atomic E-state index is 12.2. The molecule has 2 N–H and O–H groups in total. The number of hydrogen-bond acceptors (Lipinski definition) is 6. The molecule has 8 heteroatoms. The minimum atomic E-state index is -0.379. The summed E-state index contributed by atoms with van der Waals surface area (Å²) in [6.07, 6.45) is 9.73. The number of carbonyl (C=O) groups excluding carboxylic acids is 4. The molecule has 0 fully saturated rings. The van der Waals surface area contributed by atoms with Gasteiger partial charge < -0.3 is 9.47 Å². The van der Waals surface area contributed by atoms with Crippen LogP contribution in [0.3, 0.4) is 0 Å². The molecular formula is C44H44N2O6. The fourth-order valence-electron chi connectivity index (χ4n) is 6.80. The maximum Gasteiger partial charge on any atom is 0.259 e. The number of amides is 4. The molecule has 4 amide bonds. The van der Waals surface area contributed by atoms with Crippen LogP contribution in [0.5, 0.6) is 23.0 Å². The fourth-order valence-corrected chi connectivity index (χ4v) is 6.80. The summed E-state index contributed by atoms with van der Waals surface area (Å²) in [5.74, 6) is 1.41. The Bertz CT molecular complexity index is 1870. The molecule has 2 aliphatic rings. The molecule has 0 unspecified atom stereocenters. The summed E-state index contributed by atoms with van der Waals surface area (Å²) in [7, 11) is 0. The van der Waals surface area contributed by atoms with Crippen molar-refractivity contribution in [2.24, 2.45) is 0 Å². The molecule has 4 aromatic carbocycles. The van der Waals surface area contributed by atoms with E-state index >= 15 is 0 Å².